The van der Waals surface area contributed by atoms with Crippen molar-refractivity contribution in [1.82, 2.24) is 0 Å². The first-order chi connectivity index (χ1) is 30.5. The Morgan fingerprint density at radius 2 is 0.984 bits per heavy atom. The van der Waals surface area contributed by atoms with Crippen molar-refractivity contribution in [1.29, 1.82) is 0 Å². The lowest BCUT2D eigenvalue weighted by molar-refractivity contribution is -0.332. The zero-order valence-electron chi connectivity index (χ0n) is 37.8. The number of carbonyl (C=O) groups excluding carboxylic acids is 2. The highest BCUT2D eigenvalue weighted by Gasteiger charge is 2.47. The zero-order valence-corrected chi connectivity index (χ0v) is 37.8. The van der Waals surface area contributed by atoms with Crippen molar-refractivity contribution in [3.63, 3.8) is 0 Å². The molecule has 0 aromatic heterocycles. The number of unbranched alkanes of at least 4 members (excludes halogenated alkanes) is 10. The predicted octanol–water partition coefficient (Wildman–Crippen LogP) is 5.31. The zero-order chi connectivity index (χ0) is 46.1. The van der Waals surface area contributed by atoms with E-state index in [9.17, 15) is 45.3 Å². The summed E-state index contributed by atoms with van der Waals surface area (Å²) in [4.78, 5) is 25.5. The van der Waals surface area contributed by atoms with Crippen LogP contribution in [-0.2, 0) is 38.0 Å². The number of aliphatic hydroxyl groups is 7. The van der Waals surface area contributed by atoms with Crippen LogP contribution in [0.2, 0.25) is 0 Å². The van der Waals surface area contributed by atoms with E-state index in [4.69, 9.17) is 28.4 Å². The van der Waals surface area contributed by atoms with Gasteiger partial charge in [0.15, 0.2) is 18.7 Å². The molecule has 0 aromatic rings. The molecule has 2 rings (SSSR count). The third kappa shape index (κ3) is 24.3. The van der Waals surface area contributed by atoms with Crippen LogP contribution in [0.3, 0.4) is 0 Å². The number of hydrogen-bond donors (Lipinski definition) is 7. The van der Waals surface area contributed by atoms with Gasteiger partial charge in [0.2, 0.25) is 0 Å². The van der Waals surface area contributed by atoms with E-state index in [1.165, 1.54) is 44.9 Å². The Balaban J connectivity index is 1.86. The molecule has 362 valence electrons. The van der Waals surface area contributed by atoms with Crippen LogP contribution in [0.25, 0.3) is 0 Å². The van der Waals surface area contributed by atoms with Crippen LogP contribution in [-0.4, -0.2) is 142 Å². The number of aliphatic hydroxyl groups excluding tert-OH is 7. The van der Waals surface area contributed by atoms with Gasteiger partial charge in [-0.2, -0.15) is 0 Å². The number of ether oxygens (including phenoxy) is 6. The minimum atomic E-state index is -1.78. The maximum atomic E-state index is 12.9. The molecule has 63 heavy (non-hydrogen) atoms. The standard InChI is InChI=1S/C48H80O15/c1-3-5-7-9-11-13-14-15-16-17-18-19-20-21-22-23-25-27-29-31-40(51)61-36(33-58-39(50)30-28-26-24-12-10-8-6-4-2)34-59-47-46(57)44(55)42(53)38(63-47)35-60-48-45(56)43(54)41(52)37(32-49)62-48/h11,13,15-16,18-19,21-22,25,27,36-38,41-49,52-57H,3-10,12,14,17,20,23-24,26,28-35H2,1-2H3/b13-11+,16-15+,19-18+,22-21+,27-25+/t36-,37+,38+,41-,42-,43?,44?,45?,46?,47+,48+/m1/s1. The van der Waals surface area contributed by atoms with Gasteiger partial charge in [-0.15, -0.1) is 0 Å². The van der Waals surface area contributed by atoms with Crippen LogP contribution in [0.15, 0.2) is 60.8 Å². The third-order valence-corrected chi connectivity index (χ3v) is 10.8. The molecule has 11 atom stereocenters. The van der Waals surface area contributed by atoms with E-state index in [0.717, 1.165) is 44.9 Å². The fourth-order valence-electron chi connectivity index (χ4n) is 6.84. The molecule has 2 aliphatic heterocycles. The maximum Gasteiger partial charge on any atom is 0.306 e. The van der Waals surface area contributed by atoms with E-state index in [0.29, 0.717) is 19.3 Å². The molecule has 15 heteroatoms. The normalized spacial score (nSPS) is 27.4. The highest BCUT2D eigenvalue weighted by atomic mass is 16.7. The summed E-state index contributed by atoms with van der Waals surface area (Å²) >= 11 is 0. The number of rotatable bonds is 34. The lowest BCUT2D eigenvalue weighted by Gasteiger charge is -2.42. The quantitative estimate of drug-likeness (QED) is 0.0246. The number of esters is 2. The second-order valence-corrected chi connectivity index (χ2v) is 16.2. The summed E-state index contributed by atoms with van der Waals surface area (Å²) in [5.41, 5.74) is 0. The molecule has 0 amide bonds. The van der Waals surface area contributed by atoms with Crippen molar-refractivity contribution < 1.29 is 73.8 Å². The van der Waals surface area contributed by atoms with E-state index in [1.807, 2.05) is 12.2 Å². The SMILES string of the molecule is CCCCC/C=C/C/C=C/C/C=C/C/C=C/C/C=C/CCC(=O)O[C@H](COC(=O)CCCCCCCCCC)CO[C@H]1O[C@@H](CO[C@H]2O[C@@H](CO)[C@@H](O)C(O)C2O)[C@@H](O)C(O)C1O. The van der Waals surface area contributed by atoms with Crippen LogP contribution in [0, 0.1) is 0 Å². The first kappa shape index (κ1) is 56.3. The molecular weight excluding hydrogens is 817 g/mol. The van der Waals surface area contributed by atoms with E-state index in [-0.39, 0.29) is 19.4 Å². The number of allylic oxidation sites excluding steroid dienone is 10. The van der Waals surface area contributed by atoms with Crippen LogP contribution in [0.4, 0.5) is 0 Å². The molecule has 7 N–H and O–H groups in total. The average Bonchev–Trinajstić information content (AvgIpc) is 3.28. The minimum Gasteiger partial charge on any atom is -0.462 e. The molecule has 15 nitrogen and oxygen atoms in total. The van der Waals surface area contributed by atoms with Crippen LogP contribution in [0.5, 0.6) is 0 Å². The molecule has 4 unspecified atom stereocenters. The number of carbonyl (C=O) groups is 2. The molecule has 0 bridgehead atoms. The Morgan fingerprint density at radius 3 is 1.56 bits per heavy atom. The fraction of sp³-hybridized carbons (Fsp3) is 0.750. The molecule has 0 aromatic carbocycles. The highest BCUT2D eigenvalue weighted by molar-refractivity contribution is 5.70. The highest BCUT2D eigenvalue weighted by Crippen LogP contribution is 2.26. The van der Waals surface area contributed by atoms with Crippen LogP contribution < -0.4 is 0 Å². The van der Waals surface area contributed by atoms with Crippen molar-refractivity contribution in [3.8, 4) is 0 Å². The summed E-state index contributed by atoms with van der Waals surface area (Å²) in [6.45, 7) is 2.41. The Morgan fingerprint density at radius 1 is 0.508 bits per heavy atom. The maximum absolute atomic E-state index is 12.9. The van der Waals surface area contributed by atoms with Crippen molar-refractivity contribution in [2.45, 2.75) is 203 Å². The minimum absolute atomic E-state index is 0.0403. The second-order valence-electron chi connectivity index (χ2n) is 16.2. The van der Waals surface area contributed by atoms with Gasteiger partial charge in [-0.05, 0) is 51.4 Å². The van der Waals surface area contributed by atoms with Crippen LogP contribution >= 0.6 is 0 Å². The summed E-state index contributed by atoms with van der Waals surface area (Å²) < 4.78 is 33.3. The van der Waals surface area contributed by atoms with Crippen LogP contribution in [0.1, 0.15) is 136 Å². The first-order valence-electron chi connectivity index (χ1n) is 23.4. The van der Waals surface area contributed by atoms with Gasteiger partial charge >= 0.3 is 11.9 Å². The Kier molecular flexibility index (Phi) is 31.7. The van der Waals surface area contributed by atoms with Crippen molar-refractivity contribution in [2.24, 2.45) is 0 Å². The smallest absolute Gasteiger partial charge is 0.306 e. The van der Waals surface area contributed by atoms with E-state index in [1.54, 1.807) is 0 Å². The Labute approximate surface area is 375 Å². The lowest BCUT2D eigenvalue weighted by atomic mass is 9.98. The van der Waals surface area contributed by atoms with Gasteiger partial charge in [-0.25, -0.2) is 0 Å². The predicted molar refractivity (Wildman–Crippen MR) is 238 cm³/mol. The van der Waals surface area contributed by atoms with Crippen molar-refractivity contribution in [3.05, 3.63) is 60.8 Å². The van der Waals surface area contributed by atoms with Gasteiger partial charge in [0.25, 0.3) is 0 Å². The molecular formula is C48H80O15. The summed E-state index contributed by atoms with van der Waals surface area (Å²) in [5, 5.41) is 71.8. The van der Waals surface area contributed by atoms with Gasteiger partial charge in [0, 0.05) is 12.8 Å². The Bertz CT molecular complexity index is 1330. The van der Waals surface area contributed by atoms with Crippen molar-refractivity contribution in [2.75, 3.05) is 26.4 Å². The monoisotopic (exact) mass is 897 g/mol. The van der Waals surface area contributed by atoms with E-state index < -0.39 is 99.3 Å². The fourth-order valence-corrected chi connectivity index (χ4v) is 6.84. The molecule has 2 saturated heterocycles. The molecule has 0 spiro atoms. The van der Waals surface area contributed by atoms with Gasteiger partial charge in [-0.3, -0.25) is 9.59 Å². The first-order valence-corrected chi connectivity index (χ1v) is 23.4. The van der Waals surface area contributed by atoms with Gasteiger partial charge in [-0.1, -0.05) is 132 Å². The van der Waals surface area contributed by atoms with Gasteiger partial charge < -0.3 is 64.2 Å². The summed E-state index contributed by atoms with van der Waals surface area (Å²) in [6, 6.07) is 0. The summed E-state index contributed by atoms with van der Waals surface area (Å²) in [7, 11) is 0. The molecule has 0 radical (unpaired) electrons. The van der Waals surface area contributed by atoms with Gasteiger partial charge in [0.1, 0.15) is 55.4 Å². The largest absolute Gasteiger partial charge is 0.462 e. The van der Waals surface area contributed by atoms with Gasteiger partial charge in [0.05, 0.1) is 19.8 Å². The number of hydrogen-bond acceptors (Lipinski definition) is 15. The molecule has 2 heterocycles. The molecule has 0 saturated carbocycles. The average molecular weight is 897 g/mol. The Hall–Kier alpha value is -2.80. The van der Waals surface area contributed by atoms with E-state index >= 15 is 0 Å². The lowest BCUT2D eigenvalue weighted by Crippen LogP contribution is -2.61. The molecule has 0 aliphatic carbocycles. The molecule has 2 fully saturated rings. The van der Waals surface area contributed by atoms with E-state index in [2.05, 4.69) is 62.5 Å². The summed E-state index contributed by atoms with van der Waals surface area (Å²) in [6.07, 6.45) is 21.5. The second kappa shape index (κ2) is 35.5. The summed E-state index contributed by atoms with van der Waals surface area (Å²) in [5.74, 6) is -1.03. The third-order valence-electron chi connectivity index (χ3n) is 10.8. The molecule has 2 aliphatic rings. The topological polar surface area (TPSA) is 231 Å². The van der Waals surface area contributed by atoms with Crippen molar-refractivity contribution >= 4 is 11.9 Å².